The second-order valence-corrected chi connectivity index (χ2v) is 7.31. The van der Waals surface area contributed by atoms with Crippen LogP contribution in [0.15, 0.2) is 22.3 Å². The molecule has 140 valence electrons. The van der Waals surface area contributed by atoms with Gasteiger partial charge >= 0.3 is 5.97 Å². The molecule has 1 aromatic rings. The van der Waals surface area contributed by atoms with Crippen molar-refractivity contribution in [2.45, 2.75) is 11.4 Å². The van der Waals surface area contributed by atoms with Crippen molar-refractivity contribution in [2.24, 2.45) is 5.16 Å². The first-order valence-electron chi connectivity index (χ1n) is 7.47. The Kier molecular flexibility index (Phi) is 5.33. The van der Waals surface area contributed by atoms with Crippen molar-refractivity contribution >= 4 is 51.7 Å². The summed E-state index contributed by atoms with van der Waals surface area (Å²) < 4.78 is 0. The summed E-state index contributed by atoms with van der Waals surface area (Å²) in [5.74, 6) is 0.209. The minimum atomic E-state index is -1.19. The number of anilines is 1. The highest BCUT2D eigenvalue weighted by molar-refractivity contribution is 8.00. The molecule has 0 aliphatic carbocycles. The number of oxime groups is 1. The fraction of sp³-hybridized carbons (Fsp3) is 0.267. The Morgan fingerprint density at radius 3 is 3.00 bits per heavy atom. The molecule has 1 fully saturated rings. The van der Waals surface area contributed by atoms with Crippen LogP contribution in [-0.4, -0.2) is 62.3 Å². The van der Waals surface area contributed by atoms with E-state index in [0.29, 0.717) is 5.75 Å². The summed E-state index contributed by atoms with van der Waals surface area (Å²) in [6.07, 6.45) is 6.55. The maximum atomic E-state index is 12.6. The van der Waals surface area contributed by atoms with Crippen molar-refractivity contribution in [3.8, 4) is 12.3 Å². The number of thiazole rings is 1. The largest absolute Gasteiger partial charge is 0.477 e. The Balaban J connectivity index is 1.76. The van der Waals surface area contributed by atoms with Crippen LogP contribution >= 0.6 is 23.1 Å². The molecule has 1 aromatic heterocycles. The standard InChI is InChI=1S/C15H13N5O5S2/c1-2-4-25-19-9(7-6-27-15(16)17-7)11(21)18-10-12(22)20-8(14(23)24)3-5-26-13(10)20/h1,3,6,10,13H,4-5H2,(H2,16,17)(H,18,21)(H,23,24)/b19-9-/t10?,13-/m1/s1. The first kappa shape index (κ1) is 18.7. The predicted molar refractivity (Wildman–Crippen MR) is 98.6 cm³/mol. The average molecular weight is 407 g/mol. The number of carboxylic acids is 1. The zero-order valence-electron chi connectivity index (χ0n) is 13.6. The van der Waals surface area contributed by atoms with Gasteiger partial charge in [-0.2, -0.15) is 0 Å². The number of carboxylic acid groups (broad SMARTS) is 1. The number of nitrogens with one attached hydrogen (secondary N) is 1. The lowest BCUT2D eigenvalue weighted by atomic mass is 10.0. The van der Waals surface area contributed by atoms with E-state index in [0.717, 1.165) is 16.2 Å². The number of terminal acetylenes is 1. The van der Waals surface area contributed by atoms with Crippen LogP contribution in [-0.2, 0) is 19.2 Å². The van der Waals surface area contributed by atoms with Crippen LogP contribution in [0.3, 0.4) is 0 Å². The van der Waals surface area contributed by atoms with Crippen LogP contribution in [0.5, 0.6) is 0 Å². The van der Waals surface area contributed by atoms with Gasteiger partial charge in [0.15, 0.2) is 17.5 Å². The Bertz CT molecular complexity index is 903. The number of hydrogen-bond donors (Lipinski definition) is 3. The fourth-order valence-corrected chi connectivity index (χ4v) is 4.23. The molecule has 4 N–H and O–H groups in total. The second kappa shape index (κ2) is 7.68. The maximum Gasteiger partial charge on any atom is 0.352 e. The van der Waals surface area contributed by atoms with Gasteiger partial charge in [0.05, 0.1) is 0 Å². The first-order valence-corrected chi connectivity index (χ1v) is 9.40. The number of nitrogens with two attached hydrogens (primary N) is 1. The average Bonchev–Trinajstić information content (AvgIpc) is 3.08. The third-order valence-electron chi connectivity index (χ3n) is 3.64. The van der Waals surface area contributed by atoms with Crippen molar-refractivity contribution < 1.29 is 24.3 Å². The fourth-order valence-electron chi connectivity index (χ4n) is 2.48. The molecule has 2 aliphatic rings. The summed E-state index contributed by atoms with van der Waals surface area (Å²) in [7, 11) is 0. The van der Waals surface area contributed by atoms with Gasteiger partial charge < -0.3 is 21.0 Å². The molecule has 12 heteroatoms. The van der Waals surface area contributed by atoms with Crippen molar-refractivity contribution in [2.75, 3.05) is 18.1 Å². The van der Waals surface area contributed by atoms with E-state index in [1.807, 2.05) is 0 Å². The highest BCUT2D eigenvalue weighted by atomic mass is 32.2. The van der Waals surface area contributed by atoms with Crippen LogP contribution < -0.4 is 11.1 Å². The van der Waals surface area contributed by atoms with Gasteiger partial charge in [-0.25, -0.2) is 9.78 Å². The highest BCUT2D eigenvalue weighted by Gasteiger charge is 2.53. The summed E-state index contributed by atoms with van der Waals surface area (Å²) in [6, 6.07) is -0.889. The number of nitrogens with zero attached hydrogens (tertiary/aromatic N) is 3. The molecule has 1 unspecified atom stereocenters. The molecule has 3 rings (SSSR count). The topological polar surface area (TPSA) is 147 Å². The lowest BCUT2D eigenvalue weighted by Crippen LogP contribution is -2.70. The molecule has 2 atom stereocenters. The lowest BCUT2D eigenvalue weighted by Gasteiger charge is -2.48. The van der Waals surface area contributed by atoms with E-state index < -0.39 is 29.2 Å². The quantitative estimate of drug-likeness (QED) is 0.187. The van der Waals surface area contributed by atoms with Crippen molar-refractivity contribution in [1.82, 2.24) is 15.2 Å². The van der Waals surface area contributed by atoms with Gasteiger partial charge in [-0.1, -0.05) is 11.1 Å². The van der Waals surface area contributed by atoms with E-state index in [1.165, 1.54) is 23.2 Å². The lowest BCUT2D eigenvalue weighted by molar-refractivity contribution is -0.150. The molecular weight excluding hydrogens is 394 g/mol. The second-order valence-electron chi connectivity index (χ2n) is 5.27. The molecule has 2 aliphatic heterocycles. The molecule has 0 saturated carbocycles. The summed E-state index contributed by atoms with van der Waals surface area (Å²) in [4.78, 5) is 46.2. The van der Waals surface area contributed by atoms with E-state index >= 15 is 0 Å². The molecule has 27 heavy (non-hydrogen) atoms. The normalized spacial score (nSPS) is 21.4. The molecule has 2 amide bonds. The van der Waals surface area contributed by atoms with Crippen LogP contribution in [0.2, 0.25) is 0 Å². The van der Waals surface area contributed by atoms with Gasteiger partial charge in [0.1, 0.15) is 22.8 Å². The van der Waals surface area contributed by atoms with Gasteiger partial charge in [0.2, 0.25) is 0 Å². The molecule has 10 nitrogen and oxygen atoms in total. The SMILES string of the molecule is C#CCO/N=C(\C(=O)NC1C(=O)N2C(C(=O)O)=CCS[C@H]12)c1csc(N)n1. The number of carbonyl (C=O) groups is 3. The van der Waals surface area contributed by atoms with Gasteiger partial charge in [-0.15, -0.1) is 29.5 Å². The van der Waals surface area contributed by atoms with Gasteiger partial charge in [0, 0.05) is 11.1 Å². The Morgan fingerprint density at radius 1 is 1.59 bits per heavy atom. The van der Waals surface area contributed by atoms with Gasteiger partial charge in [0.25, 0.3) is 11.8 Å². The Labute approximate surface area is 161 Å². The van der Waals surface area contributed by atoms with E-state index in [2.05, 4.69) is 21.4 Å². The van der Waals surface area contributed by atoms with E-state index in [4.69, 9.17) is 17.0 Å². The van der Waals surface area contributed by atoms with Crippen LogP contribution in [0, 0.1) is 12.3 Å². The van der Waals surface area contributed by atoms with E-state index in [1.54, 1.807) is 0 Å². The number of carbonyl (C=O) groups excluding carboxylic acids is 2. The van der Waals surface area contributed by atoms with Crippen LogP contribution in [0.1, 0.15) is 5.69 Å². The number of amides is 2. The van der Waals surface area contributed by atoms with Crippen LogP contribution in [0.4, 0.5) is 5.13 Å². The third-order valence-corrected chi connectivity index (χ3v) is 5.49. The summed E-state index contributed by atoms with van der Waals surface area (Å²) >= 11 is 2.45. The Morgan fingerprint density at radius 2 is 2.37 bits per heavy atom. The minimum absolute atomic E-state index is 0.0900. The van der Waals surface area contributed by atoms with Crippen molar-refractivity contribution in [1.29, 1.82) is 0 Å². The number of aromatic nitrogens is 1. The van der Waals surface area contributed by atoms with Gasteiger partial charge in [-0.05, 0) is 6.08 Å². The number of fused-ring (bicyclic) bond motifs is 1. The number of aliphatic carboxylic acids is 1. The molecule has 3 heterocycles. The van der Waals surface area contributed by atoms with E-state index in [9.17, 15) is 19.5 Å². The number of hydrogen-bond acceptors (Lipinski definition) is 9. The number of rotatable bonds is 6. The maximum absolute atomic E-state index is 12.6. The van der Waals surface area contributed by atoms with Gasteiger partial charge in [-0.3, -0.25) is 14.5 Å². The zero-order chi connectivity index (χ0) is 19.6. The summed E-state index contributed by atoms with van der Waals surface area (Å²) in [6.45, 7) is -0.155. The molecule has 0 aromatic carbocycles. The minimum Gasteiger partial charge on any atom is -0.477 e. The highest BCUT2D eigenvalue weighted by Crippen LogP contribution is 2.37. The van der Waals surface area contributed by atoms with Crippen LogP contribution in [0.25, 0.3) is 0 Å². The number of nitrogen functional groups attached to an aromatic ring is 1. The summed E-state index contributed by atoms with van der Waals surface area (Å²) in [5, 5.41) is 16.7. The zero-order valence-corrected chi connectivity index (χ0v) is 15.2. The molecular formula is C15H13N5O5S2. The smallest absolute Gasteiger partial charge is 0.352 e. The monoisotopic (exact) mass is 407 g/mol. The predicted octanol–water partition coefficient (Wildman–Crippen LogP) is -0.552. The molecule has 0 bridgehead atoms. The third kappa shape index (κ3) is 3.60. The molecule has 0 radical (unpaired) electrons. The van der Waals surface area contributed by atoms with Crippen molar-refractivity contribution in [3.63, 3.8) is 0 Å². The Hall–Kier alpha value is -3.04. The molecule has 0 spiro atoms. The van der Waals surface area contributed by atoms with Crippen molar-refractivity contribution in [3.05, 3.63) is 22.8 Å². The molecule has 1 saturated heterocycles. The summed E-state index contributed by atoms with van der Waals surface area (Å²) in [5.41, 5.74) is 5.49. The first-order chi connectivity index (χ1) is 12.9. The van der Waals surface area contributed by atoms with E-state index in [-0.39, 0.29) is 28.8 Å². The number of thioether (sulfide) groups is 1. The number of β-lactam (4-membered cyclic amide) rings is 1.